The Balaban J connectivity index is 2.02. The number of anilines is 1. The number of benzene rings is 1. The molecule has 0 aliphatic carbocycles. The van der Waals surface area contributed by atoms with E-state index in [1.165, 1.54) is 31.2 Å². The van der Waals surface area contributed by atoms with Crippen LogP contribution in [0.3, 0.4) is 0 Å². The van der Waals surface area contributed by atoms with Gasteiger partial charge in [0.2, 0.25) is 0 Å². The standard InChI is InChI=1S/C16H18N4O5/c1-9-14(10(2)19(4)18-9)17-15(21)11(3)25-16(22)12-5-7-13(8-6-12)20(23)24/h5-8,11H,1-4H3,(H,17,21)/t11-/m1/s1. The number of rotatable bonds is 5. The topological polar surface area (TPSA) is 116 Å². The number of esters is 1. The first kappa shape index (κ1) is 18.1. The van der Waals surface area contributed by atoms with Crippen LogP contribution in [0.4, 0.5) is 11.4 Å². The van der Waals surface area contributed by atoms with Gasteiger partial charge in [0.05, 0.1) is 27.6 Å². The van der Waals surface area contributed by atoms with E-state index in [9.17, 15) is 19.7 Å². The van der Waals surface area contributed by atoms with Crippen molar-refractivity contribution in [2.45, 2.75) is 26.9 Å². The number of carbonyl (C=O) groups excluding carboxylic acids is 2. The first-order valence-electron chi connectivity index (χ1n) is 7.47. The normalized spacial score (nSPS) is 11.7. The van der Waals surface area contributed by atoms with Gasteiger partial charge in [0, 0.05) is 19.2 Å². The van der Waals surface area contributed by atoms with E-state index in [-0.39, 0.29) is 11.3 Å². The molecule has 2 aromatic rings. The number of nitrogens with zero attached hydrogens (tertiary/aromatic N) is 3. The number of amides is 1. The van der Waals surface area contributed by atoms with Crippen molar-refractivity contribution in [3.05, 3.63) is 51.3 Å². The lowest BCUT2D eigenvalue weighted by molar-refractivity contribution is -0.384. The third-order valence-electron chi connectivity index (χ3n) is 3.72. The van der Waals surface area contributed by atoms with Crippen molar-refractivity contribution in [1.29, 1.82) is 0 Å². The predicted molar refractivity (Wildman–Crippen MR) is 89.3 cm³/mol. The molecule has 9 nitrogen and oxygen atoms in total. The molecule has 1 aromatic heterocycles. The molecule has 132 valence electrons. The third kappa shape index (κ3) is 4.00. The molecular formula is C16H18N4O5. The molecular weight excluding hydrogens is 328 g/mol. The third-order valence-corrected chi connectivity index (χ3v) is 3.72. The zero-order valence-electron chi connectivity index (χ0n) is 14.3. The van der Waals surface area contributed by atoms with Crippen LogP contribution in [0.2, 0.25) is 0 Å². The minimum absolute atomic E-state index is 0.124. The summed E-state index contributed by atoms with van der Waals surface area (Å²) in [6.45, 7) is 5.01. The molecule has 0 bridgehead atoms. The number of aryl methyl sites for hydroxylation is 2. The second-order valence-electron chi connectivity index (χ2n) is 5.51. The number of nitro benzene ring substituents is 1. The van der Waals surface area contributed by atoms with Crippen LogP contribution in [-0.2, 0) is 16.6 Å². The van der Waals surface area contributed by atoms with Crippen molar-refractivity contribution in [3.8, 4) is 0 Å². The molecule has 1 aromatic carbocycles. The highest BCUT2D eigenvalue weighted by atomic mass is 16.6. The van der Waals surface area contributed by atoms with Crippen LogP contribution < -0.4 is 5.32 Å². The maximum Gasteiger partial charge on any atom is 0.338 e. The minimum atomic E-state index is -1.04. The zero-order valence-corrected chi connectivity index (χ0v) is 14.3. The van der Waals surface area contributed by atoms with Gasteiger partial charge in [-0.15, -0.1) is 0 Å². The first-order chi connectivity index (χ1) is 11.7. The predicted octanol–water partition coefficient (Wildman–Crippen LogP) is 2.13. The van der Waals surface area contributed by atoms with Crippen LogP contribution in [0.5, 0.6) is 0 Å². The van der Waals surface area contributed by atoms with E-state index in [2.05, 4.69) is 10.4 Å². The van der Waals surface area contributed by atoms with Gasteiger partial charge >= 0.3 is 5.97 Å². The van der Waals surface area contributed by atoms with Gasteiger partial charge in [0.25, 0.3) is 11.6 Å². The fraction of sp³-hybridized carbons (Fsp3) is 0.312. The lowest BCUT2D eigenvalue weighted by Gasteiger charge is -2.13. The van der Waals surface area contributed by atoms with E-state index in [4.69, 9.17) is 4.74 Å². The van der Waals surface area contributed by atoms with E-state index >= 15 is 0 Å². The fourth-order valence-electron chi connectivity index (χ4n) is 2.18. The summed E-state index contributed by atoms with van der Waals surface area (Å²) >= 11 is 0. The maximum atomic E-state index is 12.2. The number of ether oxygens (including phenoxy) is 1. The Morgan fingerprint density at radius 2 is 1.88 bits per heavy atom. The Morgan fingerprint density at radius 3 is 2.36 bits per heavy atom. The summed E-state index contributed by atoms with van der Waals surface area (Å²) in [6, 6.07) is 4.95. The molecule has 1 heterocycles. The molecule has 0 fully saturated rings. The highest BCUT2D eigenvalue weighted by Gasteiger charge is 2.22. The highest BCUT2D eigenvalue weighted by molar-refractivity contribution is 5.98. The van der Waals surface area contributed by atoms with Crippen LogP contribution in [0.1, 0.15) is 28.7 Å². The number of carbonyl (C=O) groups is 2. The minimum Gasteiger partial charge on any atom is -0.449 e. The van der Waals surface area contributed by atoms with Crippen LogP contribution in [0.15, 0.2) is 24.3 Å². The Labute approximate surface area is 143 Å². The quantitative estimate of drug-likeness (QED) is 0.503. The van der Waals surface area contributed by atoms with E-state index in [1.807, 2.05) is 6.92 Å². The highest BCUT2D eigenvalue weighted by Crippen LogP contribution is 2.19. The average Bonchev–Trinajstić information content (AvgIpc) is 2.81. The van der Waals surface area contributed by atoms with Crippen molar-refractivity contribution in [1.82, 2.24) is 9.78 Å². The lowest BCUT2D eigenvalue weighted by Crippen LogP contribution is -2.30. The van der Waals surface area contributed by atoms with Gasteiger partial charge in [-0.3, -0.25) is 19.6 Å². The molecule has 1 N–H and O–H groups in total. The van der Waals surface area contributed by atoms with Gasteiger partial charge < -0.3 is 10.1 Å². The van der Waals surface area contributed by atoms with E-state index in [1.54, 1.807) is 18.7 Å². The second-order valence-corrected chi connectivity index (χ2v) is 5.51. The number of nitro groups is 1. The van der Waals surface area contributed by atoms with E-state index in [0.717, 1.165) is 5.69 Å². The smallest absolute Gasteiger partial charge is 0.338 e. The molecule has 9 heteroatoms. The molecule has 25 heavy (non-hydrogen) atoms. The monoisotopic (exact) mass is 346 g/mol. The number of nitrogens with one attached hydrogen (secondary N) is 1. The summed E-state index contributed by atoms with van der Waals surface area (Å²) in [5.41, 5.74) is 2.00. The zero-order chi connectivity index (χ0) is 18.7. The molecule has 0 aliphatic rings. The maximum absolute atomic E-state index is 12.2. The van der Waals surface area contributed by atoms with Gasteiger partial charge in [0.1, 0.15) is 0 Å². The van der Waals surface area contributed by atoms with Crippen molar-refractivity contribution in [2.75, 3.05) is 5.32 Å². The Bertz CT molecular complexity index is 826. The number of aromatic nitrogens is 2. The van der Waals surface area contributed by atoms with Crippen molar-refractivity contribution in [3.63, 3.8) is 0 Å². The Kier molecular flexibility index (Phi) is 5.16. The molecule has 0 radical (unpaired) electrons. The molecule has 0 saturated heterocycles. The SMILES string of the molecule is Cc1nn(C)c(C)c1NC(=O)[C@@H](C)OC(=O)c1ccc([N+](=O)[O-])cc1. The Hall–Kier alpha value is -3.23. The van der Waals surface area contributed by atoms with Crippen LogP contribution >= 0.6 is 0 Å². The molecule has 1 atom stereocenters. The molecule has 0 aliphatic heterocycles. The molecule has 0 unspecified atom stereocenters. The summed E-state index contributed by atoms with van der Waals surface area (Å²) in [7, 11) is 1.76. The van der Waals surface area contributed by atoms with Gasteiger partial charge in [-0.05, 0) is 32.9 Å². The summed E-state index contributed by atoms with van der Waals surface area (Å²) < 4.78 is 6.75. The number of hydrogen-bond acceptors (Lipinski definition) is 6. The van der Waals surface area contributed by atoms with Crippen molar-refractivity contribution >= 4 is 23.3 Å². The van der Waals surface area contributed by atoms with Gasteiger partial charge in [-0.1, -0.05) is 0 Å². The van der Waals surface area contributed by atoms with Crippen molar-refractivity contribution < 1.29 is 19.2 Å². The largest absolute Gasteiger partial charge is 0.449 e. The molecule has 2 rings (SSSR count). The molecule has 0 saturated carbocycles. The van der Waals surface area contributed by atoms with Crippen LogP contribution in [-0.4, -0.2) is 32.7 Å². The van der Waals surface area contributed by atoms with E-state index < -0.39 is 22.9 Å². The summed E-state index contributed by atoms with van der Waals surface area (Å²) in [5, 5.41) is 17.5. The van der Waals surface area contributed by atoms with Gasteiger partial charge in [0.15, 0.2) is 6.10 Å². The average molecular weight is 346 g/mol. The van der Waals surface area contributed by atoms with Crippen molar-refractivity contribution in [2.24, 2.45) is 7.05 Å². The van der Waals surface area contributed by atoms with Crippen LogP contribution in [0.25, 0.3) is 0 Å². The number of hydrogen-bond donors (Lipinski definition) is 1. The summed E-state index contributed by atoms with van der Waals surface area (Å²) in [5.74, 6) is -1.23. The van der Waals surface area contributed by atoms with Gasteiger partial charge in [-0.2, -0.15) is 5.10 Å². The summed E-state index contributed by atoms with van der Waals surface area (Å²) in [4.78, 5) is 34.3. The van der Waals surface area contributed by atoms with E-state index in [0.29, 0.717) is 11.4 Å². The lowest BCUT2D eigenvalue weighted by atomic mass is 10.2. The second kappa shape index (κ2) is 7.12. The fourth-order valence-corrected chi connectivity index (χ4v) is 2.18. The molecule has 1 amide bonds. The Morgan fingerprint density at radius 1 is 1.28 bits per heavy atom. The number of non-ortho nitro benzene ring substituents is 1. The first-order valence-corrected chi connectivity index (χ1v) is 7.47. The molecule has 0 spiro atoms. The van der Waals surface area contributed by atoms with Crippen LogP contribution in [0, 0.1) is 24.0 Å². The summed E-state index contributed by atoms with van der Waals surface area (Å²) in [6.07, 6.45) is -1.04. The van der Waals surface area contributed by atoms with Gasteiger partial charge in [-0.25, -0.2) is 4.79 Å².